The molecule has 0 heterocycles. The van der Waals surface area contributed by atoms with Gasteiger partial charge in [0.2, 0.25) is 11.9 Å². The van der Waals surface area contributed by atoms with E-state index in [1.807, 2.05) is 0 Å². The van der Waals surface area contributed by atoms with Gasteiger partial charge in [0.05, 0.1) is 0 Å². The molecule has 8 nitrogen and oxygen atoms in total. The van der Waals surface area contributed by atoms with Crippen LogP contribution in [0.25, 0.3) is 0 Å². The molecule has 0 rings (SSSR count). The molecule has 114 valence electrons. The van der Waals surface area contributed by atoms with Crippen LogP contribution in [0.1, 0.15) is 34.1 Å². The molecule has 0 saturated heterocycles. The van der Waals surface area contributed by atoms with Gasteiger partial charge in [-0.25, -0.2) is 4.79 Å². The molecule has 2 amide bonds. The van der Waals surface area contributed by atoms with E-state index in [4.69, 9.17) is 9.84 Å². The van der Waals surface area contributed by atoms with Gasteiger partial charge in [-0.3, -0.25) is 14.9 Å². The van der Waals surface area contributed by atoms with Crippen molar-refractivity contribution in [3.05, 3.63) is 0 Å². The van der Waals surface area contributed by atoms with E-state index in [1.165, 1.54) is 7.05 Å². The molecule has 0 bridgehead atoms. The molecule has 0 aromatic heterocycles. The zero-order valence-electron chi connectivity index (χ0n) is 12.4. The fraction of sp³-hybridized carbons (Fsp3) is 0.667. The summed E-state index contributed by atoms with van der Waals surface area (Å²) in [6, 6.07) is 0. The lowest BCUT2D eigenvalue weighted by Gasteiger charge is -2.21. The summed E-state index contributed by atoms with van der Waals surface area (Å²) < 4.78 is 4.99. The number of ether oxygens (including phenoxy) is 1. The van der Waals surface area contributed by atoms with Crippen LogP contribution in [0.15, 0.2) is 4.99 Å². The first-order chi connectivity index (χ1) is 9.05. The molecule has 20 heavy (non-hydrogen) atoms. The number of nitrogens with zero attached hydrogens (tertiary/aromatic N) is 2. The van der Waals surface area contributed by atoms with E-state index in [-0.39, 0.29) is 18.3 Å². The largest absolute Gasteiger partial charge is 0.480 e. The summed E-state index contributed by atoms with van der Waals surface area (Å²) in [5, 5.41) is 11.1. The van der Waals surface area contributed by atoms with Gasteiger partial charge < -0.3 is 14.7 Å². The van der Waals surface area contributed by atoms with Gasteiger partial charge in [0.1, 0.15) is 12.1 Å². The fourth-order valence-electron chi connectivity index (χ4n) is 1.07. The standard InChI is InChI=1S/C12H21N3O5/c1-6-8(16)13-10(15(5)7-9(17)18)14-11(19)20-12(2,3)4/h6-7H2,1-5H3,(H,17,18)(H,13,14,16,19). The maximum absolute atomic E-state index is 11.6. The Morgan fingerprint density at radius 1 is 1.30 bits per heavy atom. The van der Waals surface area contributed by atoms with Gasteiger partial charge in [0, 0.05) is 13.5 Å². The molecule has 0 aliphatic carbocycles. The van der Waals surface area contributed by atoms with Crippen LogP contribution in [0.5, 0.6) is 0 Å². The topological polar surface area (TPSA) is 108 Å². The van der Waals surface area contributed by atoms with Crippen LogP contribution in [0.4, 0.5) is 4.79 Å². The van der Waals surface area contributed by atoms with E-state index in [0.717, 1.165) is 4.90 Å². The lowest BCUT2D eigenvalue weighted by molar-refractivity contribution is -0.137. The second kappa shape index (κ2) is 7.46. The Labute approximate surface area is 117 Å². The van der Waals surface area contributed by atoms with E-state index in [1.54, 1.807) is 27.7 Å². The maximum Gasteiger partial charge on any atom is 0.437 e. The van der Waals surface area contributed by atoms with E-state index in [2.05, 4.69) is 10.3 Å². The van der Waals surface area contributed by atoms with E-state index in [9.17, 15) is 14.4 Å². The highest BCUT2D eigenvalue weighted by Gasteiger charge is 2.19. The number of nitrogens with one attached hydrogen (secondary N) is 1. The highest BCUT2D eigenvalue weighted by atomic mass is 16.6. The van der Waals surface area contributed by atoms with Crippen molar-refractivity contribution in [2.45, 2.75) is 39.7 Å². The molecule has 0 spiro atoms. The number of aliphatic imine (C=N–C) groups is 1. The number of carbonyl (C=O) groups excluding carboxylic acids is 2. The first kappa shape index (κ1) is 17.9. The van der Waals surface area contributed by atoms with Crippen LogP contribution in [-0.4, -0.2) is 53.1 Å². The summed E-state index contributed by atoms with van der Waals surface area (Å²) in [4.78, 5) is 38.3. The number of guanidine groups is 1. The quantitative estimate of drug-likeness (QED) is 0.587. The van der Waals surface area contributed by atoms with Crippen molar-refractivity contribution in [1.29, 1.82) is 0 Å². The second-order valence-corrected chi connectivity index (χ2v) is 5.07. The zero-order chi connectivity index (χ0) is 15.9. The third kappa shape index (κ3) is 8.06. The Hall–Kier alpha value is -2.12. The van der Waals surface area contributed by atoms with Gasteiger partial charge in [-0.1, -0.05) is 6.92 Å². The molecule has 0 radical (unpaired) electrons. The van der Waals surface area contributed by atoms with E-state index < -0.39 is 24.2 Å². The first-order valence-corrected chi connectivity index (χ1v) is 6.09. The number of aliphatic carboxylic acids is 1. The smallest absolute Gasteiger partial charge is 0.437 e. The molecule has 8 heteroatoms. The molecule has 0 saturated carbocycles. The summed E-state index contributed by atoms with van der Waals surface area (Å²) in [5.74, 6) is -1.66. The fourth-order valence-corrected chi connectivity index (χ4v) is 1.07. The molecule has 0 aromatic rings. The molecule has 0 unspecified atom stereocenters. The molecule has 2 N–H and O–H groups in total. The van der Waals surface area contributed by atoms with Crippen LogP contribution in [0, 0.1) is 0 Å². The highest BCUT2D eigenvalue weighted by Crippen LogP contribution is 2.08. The molecular weight excluding hydrogens is 266 g/mol. The first-order valence-electron chi connectivity index (χ1n) is 6.09. The lowest BCUT2D eigenvalue weighted by atomic mass is 10.2. The summed E-state index contributed by atoms with van der Waals surface area (Å²) in [5.41, 5.74) is -0.730. The van der Waals surface area contributed by atoms with Crippen molar-refractivity contribution in [2.24, 2.45) is 4.99 Å². The highest BCUT2D eigenvalue weighted by molar-refractivity contribution is 6.01. The van der Waals surface area contributed by atoms with Gasteiger partial charge in [-0.05, 0) is 20.8 Å². The summed E-state index contributed by atoms with van der Waals surface area (Å²) >= 11 is 0. The number of carboxylic acids is 1. The number of hydrogen-bond donors (Lipinski definition) is 2. The Kier molecular flexibility index (Phi) is 6.67. The Bertz CT molecular complexity index is 412. The lowest BCUT2D eigenvalue weighted by Crippen LogP contribution is -2.44. The maximum atomic E-state index is 11.6. The van der Waals surface area contributed by atoms with Crippen molar-refractivity contribution in [2.75, 3.05) is 13.6 Å². The van der Waals surface area contributed by atoms with Gasteiger partial charge >= 0.3 is 12.1 Å². The number of rotatable bonds is 3. The Balaban J connectivity index is 5.04. The van der Waals surface area contributed by atoms with Gasteiger partial charge in [0.25, 0.3) is 0 Å². The van der Waals surface area contributed by atoms with Gasteiger partial charge in [0.15, 0.2) is 0 Å². The van der Waals surface area contributed by atoms with Gasteiger partial charge in [-0.15, -0.1) is 4.99 Å². The van der Waals surface area contributed by atoms with Crippen molar-refractivity contribution in [3.8, 4) is 0 Å². The normalized spacial score (nSPS) is 11.8. The zero-order valence-corrected chi connectivity index (χ0v) is 12.4. The molecule has 0 aliphatic rings. The van der Waals surface area contributed by atoms with Gasteiger partial charge in [-0.2, -0.15) is 0 Å². The van der Waals surface area contributed by atoms with Crippen molar-refractivity contribution in [3.63, 3.8) is 0 Å². The summed E-state index contributed by atoms with van der Waals surface area (Å²) in [6.45, 7) is 6.23. The monoisotopic (exact) mass is 287 g/mol. The average molecular weight is 287 g/mol. The van der Waals surface area contributed by atoms with Crippen LogP contribution >= 0.6 is 0 Å². The van der Waals surface area contributed by atoms with Crippen LogP contribution < -0.4 is 5.32 Å². The Morgan fingerprint density at radius 2 is 1.85 bits per heavy atom. The van der Waals surface area contributed by atoms with Crippen molar-refractivity contribution >= 4 is 23.9 Å². The summed E-state index contributed by atoms with van der Waals surface area (Å²) in [7, 11) is 1.40. The predicted molar refractivity (Wildman–Crippen MR) is 72.4 cm³/mol. The number of carbonyl (C=O) groups is 3. The third-order valence-corrected chi connectivity index (χ3v) is 1.90. The minimum Gasteiger partial charge on any atom is -0.480 e. The minimum atomic E-state index is -1.12. The predicted octanol–water partition coefficient (Wildman–Crippen LogP) is 0.820. The van der Waals surface area contributed by atoms with Crippen LogP contribution in [-0.2, 0) is 14.3 Å². The third-order valence-electron chi connectivity index (χ3n) is 1.90. The Morgan fingerprint density at radius 3 is 2.25 bits per heavy atom. The van der Waals surface area contributed by atoms with Crippen molar-refractivity contribution in [1.82, 2.24) is 10.2 Å². The summed E-state index contributed by atoms with van der Waals surface area (Å²) in [6.07, 6.45) is -0.727. The van der Waals surface area contributed by atoms with E-state index >= 15 is 0 Å². The molecular formula is C12H21N3O5. The number of hydrogen-bond acceptors (Lipinski definition) is 4. The molecule has 0 aliphatic heterocycles. The number of carboxylic acid groups (broad SMARTS) is 1. The minimum absolute atomic E-state index is 0.159. The number of amides is 2. The molecule has 0 fully saturated rings. The second-order valence-electron chi connectivity index (χ2n) is 5.07. The SMILES string of the molecule is CCC(=O)N/C(=N/C(=O)OC(C)(C)C)N(C)CC(=O)O. The molecule has 0 aromatic carbocycles. The van der Waals surface area contributed by atoms with E-state index in [0.29, 0.717) is 0 Å². The average Bonchev–Trinajstić information content (AvgIpc) is 2.24. The molecule has 0 atom stereocenters. The number of likely N-dealkylation sites (N-methyl/N-ethyl adjacent to an activating group) is 1. The van der Waals surface area contributed by atoms with Crippen molar-refractivity contribution < 1.29 is 24.2 Å². The van der Waals surface area contributed by atoms with Crippen LogP contribution in [0.3, 0.4) is 0 Å². The van der Waals surface area contributed by atoms with Crippen LogP contribution in [0.2, 0.25) is 0 Å².